The van der Waals surface area contributed by atoms with Crippen molar-refractivity contribution in [3.05, 3.63) is 11.9 Å². The Balaban J connectivity index is 2.16. The Labute approximate surface area is 86.1 Å². The van der Waals surface area contributed by atoms with E-state index in [0.29, 0.717) is 13.2 Å². The molecule has 2 N–H and O–H groups in total. The van der Waals surface area contributed by atoms with Crippen molar-refractivity contribution in [3.63, 3.8) is 0 Å². The fourth-order valence-corrected chi connectivity index (χ4v) is 1.47. The molecule has 1 fully saturated rings. The molecule has 0 unspecified atom stereocenters. The van der Waals surface area contributed by atoms with Gasteiger partial charge in [-0.2, -0.15) is 0 Å². The molecule has 1 aromatic heterocycles. The Morgan fingerprint density at radius 1 is 1.73 bits per heavy atom. The second-order valence-corrected chi connectivity index (χ2v) is 3.34. The molecule has 0 radical (unpaired) electrons. The van der Waals surface area contributed by atoms with Crippen LogP contribution in [0.15, 0.2) is 6.20 Å². The summed E-state index contributed by atoms with van der Waals surface area (Å²) >= 11 is 0. The Morgan fingerprint density at radius 2 is 2.53 bits per heavy atom. The van der Waals surface area contributed by atoms with E-state index < -0.39 is 5.97 Å². The van der Waals surface area contributed by atoms with E-state index in [2.05, 4.69) is 15.0 Å². The summed E-state index contributed by atoms with van der Waals surface area (Å²) in [7, 11) is 1.30. The van der Waals surface area contributed by atoms with E-state index in [1.54, 1.807) is 4.68 Å². The quantitative estimate of drug-likeness (QED) is 0.630. The fourth-order valence-electron chi connectivity index (χ4n) is 1.47. The highest BCUT2D eigenvalue weighted by Gasteiger charge is 2.28. The molecule has 0 saturated carbocycles. The van der Waals surface area contributed by atoms with Crippen LogP contribution in [0.2, 0.25) is 0 Å². The van der Waals surface area contributed by atoms with E-state index in [0.717, 1.165) is 0 Å². The summed E-state index contributed by atoms with van der Waals surface area (Å²) in [6, 6.07) is -0.173. The van der Waals surface area contributed by atoms with Crippen LogP contribution in [0.3, 0.4) is 0 Å². The standard InChI is InChI=1S/C8H12N4O3/c1-14-8(13)6-2-12(11-10-6)7-4-15-3-5(7)9/h2,5,7H,3-4,9H2,1H3/t5-,7+/m0/s1. The fraction of sp³-hybridized carbons (Fsp3) is 0.625. The van der Waals surface area contributed by atoms with E-state index in [4.69, 9.17) is 10.5 Å². The molecule has 7 nitrogen and oxygen atoms in total. The van der Waals surface area contributed by atoms with E-state index in [9.17, 15) is 4.79 Å². The van der Waals surface area contributed by atoms with Gasteiger partial charge in [0.05, 0.1) is 38.6 Å². The first kappa shape index (κ1) is 10.1. The number of hydrogen-bond acceptors (Lipinski definition) is 6. The second kappa shape index (κ2) is 3.95. The minimum absolute atomic E-state index is 0.0593. The van der Waals surface area contributed by atoms with E-state index >= 15 is 0 Å². The summed E-state index contributed by atoms with van der Waals surface area (Å²) in [5, 5.41) is 7.52. The van der Waals surface area contributed by atoms with Crippen molar-refractivity contribution in [3.8, 4) is 0 Å². The number of methoxy groups -OCH3 is 1. The van der Waals surface area contributed by atoms with Gasteiger partial charge in [-0.3, -0.25) is 0 Å². The zero-order valence-corrected chi connectivity index (χ0v) is 8.29. The van der Waals surface area contributed by atoms with Crippen molar-refractivity contribution in [2.45, 2.75) is 12.1 Å². The van der Waals surface area contributed by atoms with Gasteiger partial charge in [0, 0.05) is 0 Å². The number of nitrogens with two attached hydrogens (primary N) is 1. The molecular weight excluding hydrogens is 200 g/mol. The Bertz CT molecular complexity index is 365. The molecule has 1 aliphatic rings. The third-order valence-corrected chi connectivity index (χ3v) is 2.34. The summed E-state index contributed by atoms with van der Waals surface area (Å²) in [6.45, 7) is 0.989. The van der Waals surface area contributed by atoms with Crippen molar-refractivity contribution in [2.75, 3.05) is 20.3 Å². The third kappa shape index (κ3) is 1.83. The van der Waals surface area contributed by atoms with Crippen LogP contribution in [-0.2, 0) is 9.47 Å². The average Bonchev–Trinajstić information content (AvgIpc) is 2.84. The van der Waals surface area contributed by atoms with Crippen molar-refractivity contribution < 1.29 is 14.3 Å². The van der Waals surface area contributed by atoms with Gasteiger partial charge in [-0.05, 0) is 0 Å². The number of carbonyl (C=O) groups excluding carboxylic acids is 1. The molecule has 0 aromatic carbocycles. The monoisotopic (exact) mass is 212 g/mol. The normalized spacial score (nSPS) is 25.5. The first-order valence-corrected chi connectivity index (χ1v) is 4.56. The van der Waals surface area contributed by atoms with Crippen LogP contribution in [-0.4, -0.2) is 47.3 Å². The first-order chi connectivity index (χ1) is 7.22. The van der Waals surface area contributed by atoms with Crippen molar-refractivity contribution in [2.24, 2.45) is 5.73 Å². The number of nitrogens with zero attached hydrogens (tertiary/aromatic N) is 3. The Morgan fingerprint density at radius 3 is 3.13 bits per heavy atom. The van der Waals surface area contributed by atoms with E-state index in [1.807, 2.05) is 0 Å². The molecule has 2 heterocycles. The van der Waals surface area contributed by atoms with Gasteiger partial charge in [0.25, 0.3) is 0 Å². The molecule has 2 atom stereocenters. The molecule has 0 amide bonds. The lowest BCUT2D eigenvalue weighted by atomic mass is 10.2. The van der Waals surface area contributed by atoms with Crippen LogP contribution in [0.25, 0.3) is 0 Å². The summed E-state index contributed by atoms with van der Waals surface area (Å²) < 4.78 is 11.3. The van der Waals surface area contributed by atoms with Gasteiger partial charge in [-0.1, -0.05) is 5.21 Å². The van der Waals surface area contributed by atoms with Crippen molar-refractivity contribution >= 4 is 5.97 Å². The predicted octanol–water partition coefficient (Wildman–Crippen LogP) is -1.04. The molecule has 7 heteroatoms. The van der Waals surface area contributed by atoms with Crippen LogP contribution in [0.1, 0.15) is 16.5 Å². The second-order valence-electron chi connectivity index (χ2n) is 3.34. The van der Waals surface area contributed by atoms with Crippen LogP contribution < -0.4 is 5.73 Å². The highest BCUT2D eigenvalue weighted by Crippen LogP contribution is 2.16. The maximum absolute atomic E-state index is 11.1. The highest BCUT2D eigenvalue weighted by molar-refractivity contribution is 5.86. The smallest absolute Gasteiger partial charge is 0.360 e. The molecule has 82 valence electrons. The van der Waals surface area contributed by atoms with Crippen molar-refractivity contribution in [1.29, 1.82) is 0 Å². The van der Waals surface area contributed by atoms with Gasteiger partial charge in [-0.25, -0.2) is 9.48 Å². The summed E-state index contributed by atoms with van der Waals surface area (Å²) in [4.78, 5) is 11.1. The van der Waals surface area contributed by atoms with Gasteiger partial charge in [0.1, 0.15) is 0 Å². The highest BCUT2D eigenvalue weighted by atomic mass is 16.5. The maximum atomic E-state index is 11.1. The van der Waals surface area contributed by atoms with E-state index in [1.165, 1.54) is 13.3 Å². The zero-order valence-electron chi connectivity index (χ0n) is 8.29. The van der Waals surface area contributed by atoms with Crippen LogP contribution in [0.5, 0.6) is 0 Å². The van der Waals surface area contributed by atoms with Gasteiger partial charge in [-0.15, -0.1) is 5.10 Å². The summed E-state index contributed by atoms with van der Waals surface area (Å²) in [6.07, 6.45) is 1.52. The molecule has 15 heavy (non-hydrogen) atoms. The Kier molecular flexibility index (Phi) is 2.65. The number of hydrogen-bond donors (Lipinski definition) is 1. The summed E-state index contributed by atoms with van der Waals surface area (Å²) in [5.74, 6) is -0.506. The van der Waals surface area contributed by atoms with Crippen LogP contribution >= 0.6 is 0 Å². The molecular formula is C8H12N4O3. The zero-order chi connectivity index (χ0) is 10.8. The van der Waals surface area contributed by atoms with Gasteiger partial charge >= 0.3 is 5.97 Å². The maximum Gasteiger partial charge on any atom is 0.360 e. The molecule has 0 bridgehead atoms. The number of aromatic nitrogens is 3. The van der Waals surface area contributed by atoms with E-state index in [-0.39, 0.29) is 17.8 Å². The minimum Gasteiger partial charge on any atom is -0.464 e. The van der Waals surface area contributed by atoms with Gasteiger partial charge in [0.2, 0.25) is 0 Å². The van der Waals surface area contributed by atoms with Crippen LogP contribution in [0, 0.1) is 0 Å². The molecule has 1 saturated heterocycles. The number of rotatable bonds is 2. The number of esters is 1. The molecule has 0 aliphatic carbocycles. The third-order valence-electron chi connectivity index (χ3n) is 2.34. The van der Waals surface area contributed by atoms with Crippen molar-refractivity contribution in [1.82, 2.24) is 15.0 Å². The SMILES string of the molecule is COC(=O)c1cn([C@@H]2COC[C@@H]2N)nn1. The minimum atomic E-state index is -0.506. The lowest BCUT2D eigenvalue weighted by Crippen LogP contribution is -2.31. The van der Waals surface area contributed by atoms with Gasteiger partial charge in [0.15, 0.2) is 5.69 Å². The summed E-state index contributed by atoms with van der Waals surface area (Å²) in [5.41, 5.74) is 5.98. The molecule has 0 spiro atoms. The Hall–Kier alpha value is -1.47. The molecule has 2 rings (SSSR count). The predicted molar refractivity (Wildman–Crippen MR) is 49.2 cm³/mol. The lowest BCUT2D eigenvalue weighted by molar-refractivity contribution is 0.0594. The lowest BCUT2D eigenvalue weighted by Gasteiger charge is -2.11. The molecule has 1 aromatic rings. The topological polar surface area (TPSA) is 92.3 Å². The number of carbonyl (C=O) groups is 1. The van der Waals surface area contributed by atoms with Crippen LogP contribution in [0.4, 0.5) is 0 Å². The molecule has 1 aliphatic heterocycles. The first-order valence-electron chi connectivity index (χ1n) is 4.56. The van der Waals surface area contributed by atoms with Gasteiger partial charge < -0.3 is 15.2 Å². The average molecular weight is 212 g/mol. The number of ether oxygens (including phenoxy) is 2. The largest absolute Gasteiger partial charge is 0.464 e.